The first-order valence-corrected chi connectivity index (χ1v) is 10.5. The van der Waals surface area contributed by atoms with E-state index in [0.29, 0.717) is 32.0 Å². The van der Waals surface area contributed by atoms with E-state index in [1.54, 1.807) is 16.9 Å². The molecule has 3 heterocycles. The molecule has 1 fully saturated rings. The van der Waals surface area contributed by atoms with E-state index in [1.807, 2.05) is 60.1 Å². The van der Waals surface area contributed by atoms with Crippen LogP contribution in [0.4, 0.5) is 0 Å². The van der Waals surface area contributed by atoms with Gasteiger partial charge in [0.2, 0.25) is 5.91 Å². The normalized spacial score (nSPS) is 18.5. The molecule has 1 atom stereocenters. The van der Waals surface area contributed by atoms with Gasteiger partial charge in [-0.1, -0.05) is 30.3 Å². The molecule has 1 unspecified atom stereocenters. The van der Waals surface area contributed by atoms with Crippen molar-refractivity contribution in [2.75, 3.05) is 40.0 Å². The van der Waals surface area contributed by atoms with E-state index in [9.17, 15) is 9.59 Å². The fourth-order valence-corrected chi connectivity index (χ4v) is 4.72. The van der Waals surface area contributed by atoms with Crippen LogP contribution in [0, 0.1) is 0 Å². The van der Waals surface area contributed by atoms with Gasteiger partial charge in [-0.05, 0) is 23.8 Å². The Hall–Kier alpha value is -3.32. The third-order valence-electron chi connectivity index (χ3n) is 6.30. The van der Waals surface area contributed by atoms with Crippen molar-refractivity contribution in [1.29, 1.82) is 0 Å². The van der Waals surface area contributed by atoms with Crippen LogP contribution in [0.5, 0.6) is 5.75 Å². The second kappa shape index (κ2) is 7.74. The number of morpholine rings is 1. The van der Waals surface area contributed by atoms with E-state index in [2.05, 4.69) is 0 Å². The molecule has 0 aliphatic carbocycles. The molecule has 2 aliphatic heterocycles. The number of para-hydroxylation sites is 1. The molecule has 2 amide bonds. The SMILES string of the molecule is COc1ccc(C2c3c(n(C)c4ccccc34)C(=O)N2CC(=O)N2CCOCC2)cc1. The molecule has 31 heavy (non-hydrogen) atoms. The molecular weight excluding hydrogens is 394 g/mol. The van der Waals surface area contributed by atoms with E-state index in [1.165, 1.54) is 0 Å². The zero-order valence-electron chi connectivity index (χ0n) is 17.7. The van der Waals surface area contributed by atoms with Crippen LogP contribution in [0.2, 0.25) is 0 Å². The standard InChI is InChI=1S/C24H25N3O4/c1-25-19-6-4-3-5-18(19)21-22(16-7-9-17(30-2)10-8-16)27(24(29)23(21)25)15-20(28)26-11-13-31-14-12-26/h3-10,22H,11-15H2,1-2H3. The number of hydrogen-bond acceptors (Lipinski definition) is 4. The van der Waals surface area contributed by atoms with Crippen LogP contribution in [0.15, 0.2) is 48.5 Å². The topological polar surface area (TPSA) is 64.0 Å². The summed E-state index contributed by atoms with van der Waals surface area (Å²) in [5, 5.41) is 1.04. The summed E-state index contributed by atoms with van der Waals surface area (Å²) in [6, 6.07) is 15.4. The fourth-order valence-electron chi connectivity index (χ4n) is 4.72. The average Bonchev–Trinajstić information content (AvgIpc) is 3.27. The van der Waals surface area contributed by atoms with Gasteiger partial charge in [-0.2, -0.15) is 0 Å². The second-order valence-electron chi connectivity index (χ2n) is 7.94. The summed E-state index contributed by atoms with van der Waals surface area (Å²) in [5.41, 5.74) is 3.58. The summed E-state index contributed by atoms with van der Waals surface area (Å²) < 4.78 is 12.6. The lowest BCUT2D eigenvalue weighted by molar-refractivity contribution is -0.136. The molecule has 1 saturated heterocycles. The molecule has 160 valence electrons. The highest BCUT2D eigenvalue weighted by Gasteiger charge is 2.43. The van der Waals surface area contributed by atoms with E-state index < -0.39 is 0 Å². The number of aryl methyl sites for hydroxylation is 1. The largest absolute Gasteiger partial charge is 0.497 e. The second-order valence-corrected chi connectivity index (χ2v) is 7.94. The number of nitrogens with zero attached hydrogens (tertiary/aromatic N) is 3. The van der Waals surface area contributed by atoms with Crippen LogP contribution in [0.1, 0.15) is 27.7 Å². The Kier molecular flexibility index (Phi) is 4.90. The lowest BCUT2D eigenvalue weighted by atomic mass is 9.98. The molecule has 5 rings (SSSR count). The van der Waals surface area contributed by atoms with Crippen LogP contribution in [0.3, 0.4) is 0 Å². The van der Waals surface area contributed by atoms with Crippen molar-refractivity contribution < 1.29 is 19.1 Å². The first kappa shape index (κ1) is 19.6. The number of methoxy groups -OCH3 is 1. The van der Waals surface area contributed by atoms with Gasteiger partial charge in [-0.3, -0.25) is 9.59 Å². The maximum absolute atomic E-state index is 13.6. The Morgan fingerprint density at radius 2 is 1.81 bits per heavy atom. The number of rotatable bonds is 4. The Balaban J connectivity index is 1.59. The van der Waals surface area contributed by atoms with Crippen molar-refractivity contribution in [3.8, 4) is 5.75 Å². The summed E-state index contributed by atoms with van der Waals surface area (Å²) in [6.45, 7) is 2.23. The number of benzene rings is 2. The Morgan fingerprint density at radius 1 is 1.10 bits per heavy atom. The summed E-state index contributed by atoms with van der Waals surface area (Å²) in [6.07, 6.45) is 0. The van der Waals surface area contributed by atoms with Crippen LogP contribution in [0.25, 0.3) is 10.9 Å². The molecule has 1 aromatic heterocycles. The molecule has 2 aromatic carbocycles. The van der Waals surface area contributed by atoms with Crippen molar-refractivity contribution in [3.63, 3.8) is 0 Å². The quantitative estimate of drug-likeness (QED) is 0.652. The Bertz CT molecular complexity index is 1150. The number of ether oxygens (including phenoxy) is 2. The molecule has 0 radical (unpaired) electrons. The third-order valence-corrected chi connectivity index (χ3v) is 6.30. The highest BCUT2D eigenvalue weighted by molar-refractivity contribution is 6.07. The lowest BCUT2D eigenvalue weighted by Crippen LogP contribution is -2.46. The van der Waals surface area contributed by atoms with Crippen molar-refractivity contribution in [2.45, 2.75) is 6.04 Å². The molecule has 3 aromatic rings. The minimum atomic E-state index is -0.329. The zero-order valence-corrected chi connectivity index (χ0v) is 17.7. The van der Waals surface area contributed by atoms with E-state index in [4.69, 9.17) is 9.47 Å². The zero-order chi connectivity index (χ0) is 21.5. The number of carbonyl (C=O) groups excluding carboxylic acids is 2. The Morgan fingerprint density at radius 3 is 2.52 bits per heavy atom. The van der Waals surface area contributed by atoms with Gasteiger partial charge in [0, 0.05) is 36.6 Å². The van der Waals surface area contributed by atoms with Crippen LogP contribution >= 0.6 is 0 Å². The van der Waals surface area contributed by atoms with E-state index >= 15 is 0 Å². The van der Waals surface area contributed by atoms with E-state index in [-0.39, 0.29) is 24.4 Å². The number of amides is 2. The molecule has 7 nitrogen and oxygen atoms in total. The minimum absolute atomic E-state index is 0.0402. The minimum Gasteiger partial charge on any atom is -0.497 e. The maximum atomic E-state index is 13.6. The first-order valence-electron chi connectivity index (χ1n) is 10.5. The molecule has 2 aliphatic rings. The molecule has 0 saturated carbocycles. The average molecular weight is 419 g/mol. The highest BCUT2D eigenvalue weighted by Crippen LogP contribution is 2.44. The van der Waals surface area contributed by atoms with Crippen LogP contribution in [-0.2, 0) is 16.6 Å². The maximum Gasteiger partial charge on any atom is 0.272 e. The summed E-state index contributed by atoms with van der Waals surface area (Å²) in [7, 11) is 3.54. The number of hydrogen-bond donors (Lipinski definition) is 0. The third kappa shape index (κ3) is 3.16. The summed E-state index contributed by atoms with van der Waals surface area (Å²) in [4.78, 5) is 30.1. The van der Waals surface area contributed by atoms with Crippen molar-refractivity contribution >= 4 is 22.7 Å². The van der Waals surface area contributed by atoms with Crippen LogP contribution < -0.4 is 4.74 Å². The van der Waals surface area contributed by atoms with Crippen molar-refractivity contribution in [2.24, 2.45) is 7.05 Å². The number of aromatic nitrogens is 1. The monoisotopic (exact) mass is 419 g/mol. The summed E-state index contributed by atoms with van der Waals surface area (Å²) >= 11 is 0. The first-order chi connectivity index (χ1) is 15.1. The molecule has 0 spiro atoms. The lowest BCUT2D eigenvalue weighted by Gasteiger charge is -2.31. The van der Waals surface area contributed by atoms with Gasteiger partial charge in [0.05, 0.1) is 26.4 Å². The number of fused-ring (bicyclic) bond motifs is 3. The Labute approximate surface area is 180 Å². The molecule has 7 heteroatoms. The predicted molar refractivity (Wildman–Crippen MR) is 116 cm³/mol. The van der Waals surface area contributed by atoms with Gasteiger partial charge in [0.15, 0.2) is 0 Å². The van der Waals surface area contributed by atoms with Gasteiger partial charge in [-0.15, -0.1) is 0 Å². The van der Waals surface area contributed by atoms with E-state index in [0.717, 1.165) is 27.8 Å². The summed E-state index contributed by atoms with van der Waals surface area (Å²) in [5.74, 6) is 0.588. The van der Waals surface area contributed by atoms with Crippen LogP contribution in [-0.4, -0.2) is 66.1 Å². The predicted octanol–water partition coefficient (Wildman–Crippen LogP) is 2.59. The van der Waals surface area contributed by atoms with Crippen molar-refractivity contribution in [3.05, 3.63) is 65.4 Å². The van der Waals surface area contributed by atoms with Gasteiger partial charge < -0.3 is 23.8 Å². The number of carbonyl (C=O) groups is 2. The smallest absolute Gasteiger partial charge is 0.272 e. The molecular formula is C24H25N3O4. The van der Waals surface area contributed by atoms with Gasteiger partial charge >= 0.3 is 0 Å². The molecule has 0 N–H and O–H groups in total. The highest BCUT2D eigenvalue weighted by atomic mass is 16.5. The van der Waals surface area contributed by atoms with Gasteiger partial charge in [0.25, 0.3) is 5.91 Å². The van der Waals surface area contributed by atoms with Gasteiger partial charge in [-0.25, -0.2) is 0 Å². The van der Waals surface area contributed by atoms with Crippen molar-refractivity contribution in [1.82, 2.24) is 14.4 Å². The fraction of sp³-hybridized carbons (Fsp3) is 0.333. The van der Waals surface area contributed by atoms with Gasteiger partial charge in [0.1, 0.15) is 18.0 Å². The molecule has 0 bridgehead atoms.